The van der Waals surface area contributed by atoms with Gasteiger partial charge < -0.3 is 0 Å². The smallest absolute Gasteiger partial charge is 0.249 e. The maximum Gasteiger partial charge on any atom is 0.249 e. The summed E-state index contributed by atoms with van der Waals surface area (Å²) in [5.74, 6) is 2.21. The van der Waals surface area contributed by atoms with Crippen LogP contribution in [0.2, 0.25) is 10.0 Å². The highest BCUT2D eigenvalue weighted by atomic mass is 35.5. The van der Waals surface area contributed by atoms with Crippen LogP contribution in [0.3, 0.4) is 0 Å². The minimum absolute atomic E-state index is 0.112. The Morgan fingerprint density at radius 3 is 2.93 bits per heavy atom. The van der Waals surface area contributed by atoms with Crippen molar-refractivity contribution >= 4 is 52.2 Å². The third kappa shape index (κ3) is 2.92. The summed E-state index contributed by atoms with van der Waals surface area (Å²) in [6.07, 6.45) is 3.66. The standard InChI is InChI=1S/C20H20Cl2N6S2/c1-10-5-6-11-15(7-10)30-18-16(11)17-23-9-24-28(17)19-25-26-20(27(18)19)29-8-12-13(21)3-2-4-14(12)22/h2-4,10,17,23-24H,5-9H2,1H3/t10-,17?/m1/s1. The number of thiophene rings is 1. The van der Waals surface area contributed by atoms with Gasteiger partial charge in [0.1, 0.15) is 11.2 Å². The molecule has 0 radical (unpaired) electrons. The molecule has 0 spiro atoms. The average Bonchev–Trinajstić information content (AvgIpc) is 3.42. The molecule has 3 aliphatic rings. The summed E-state index contributed by atoms with van der Waals surface area (Å²) in [5.41, 5.74) is 7.25. The fourth-order valence-corrected chi connectivity index (χ4v) is 7.81. The predicted molar refractivity (Wildman–Crippen MR) is 123 cm³/mol. The number of thioether (sulfide) groups is 1. The van der Waals surface area contributed by atoms with Gasteiger partial charge in [0, 0.05) is 26.2 Å². The number of hydrogen-bond acceptors (Lipinski definition) is 7. The van der Waals surface area contributed by atoms with E-state index >= 15 is 0 Å². The molecule has 1 aromatic carbocycles. The molecule has 10 heteroatoms. The summed E-state index contributed by atoms with van der Waals surface area (Å²) < 4.78 is 2.20. The van der Waals surface area contributed by atoms with Crippen molar-refractivity contribution in [3.63, 3.8) is 0 Å². The van der Waals surface area contributed by atoms with Gasteiger partial charge in [-0.25, -0.2) is 9.99 Å². The number of nitrogens with one attached hydrogen (secondary N) is 2. The molecule has 2 aliphatic heterocycles. The second-order valence-electron chi connectivity index (χ2n) is 7.99. The Kier molecular flexibility index (Phi) is 4.78. The van der Waals surface area contributed by atoms with Crippen LogP contribution in [-0.2, 0) is 18.6 Å². The van der Waals surface area contributed by atoms with E-state index < -0.39 is 0 Å². The third-order valence-electron chi connectivity index (χ3n) is 6.05. The number of hydrogen-bond donors (Lipinski definition) is 2. The number of aromatic nitrogens is 3. The highest BCUT2D eigenvalue weighted by Gasteiger charge is 2.42. The molecule has 1 saturated heterocycles. The average molecular weight is 479 g/mol. The molecule has 0 bridgehead atoms. The largest absolute Gasteiger partial charge is 0.278 e. The zero-order valence-corrected chi connectivity index (χ0v) is 19.4. The van der Waals surface area contributed by atoms with Crippen LogP contribution in [0.1, 0.15) is 41.1 Å². The van der Waals surface area contributed by atoms with Crippen LogP contribution in [0.25, 0.3) is 5.00 Å². The first-order valence-electron chi connectivity index (χ1n) is 10.0. The molecule has 2 atom stereocenters. The summed E-state index contributed by atoms with van der Waals surface area (Å²) in [5, 5.41) is 18.2. The molecule has 3 aromatic rings. The van der Waals surface area contributed by atoms with Crippen LogP contribution >= 0.6 is 46.3 Å². The van der Waals surface area contributed by atoms with E-state index in [0.717, 1.165) is 42.1 Å². The van der Waals surface area contributed by atoms with Gasteiger partial charge in [-0.2, -0.15) is 0 Å². The topological polar surface area (TPSA) is 58.0 Å². The summed E-state index contributed by atoms with van der Waals surface area (Å²) >= 11 is 16.3. The van der Waals surface area contributed by atoms with Gasteiger partial charge in [-0.3, -0.25) is 10.3 Å². The second-order valence-corrected chi connectivity index (χ2v) is 10.8. The molecule has 30 heavy (non-hydrogen) atoms. The highest BCUT2D eigenvalue weighted by molar-refractivity contribution is 7.98. The maximum atomic E-state index is 6.38. The maximum absolute atomic E-state index is 6.38. The number of benzene rings is 1. The van der Waals surface area contributed by atoms with Crippen molar-refractivity contribution in [3.05, 3.63) is 49.8 Å². The number of fused-ring (bicyclic) bond motifs is 8. The van der Waals surface area contributed by atoms with E-state index in [1.807, 2.05) is 29.5 Å². The van der Waals surface area contributed by atoms with Gasteiger partial charge in [-0.15, -0.1) is 21.5 Å². The first-order valence-corrected chi connectivity index (χ1v) is 12.6. The molecule has 1 unspecified atom stereocenters. The normalized spacial score (nSPS) is 21.9. The van der Waals surface area contributed by atoms with Gasteiger partial charge in [0.05, 0.1) is 6.67 Å². The van der Waals surface area contributed by atoms with Gasteiger partial charge in [0.25, 0.3) is 0 Å². The Morgan fingerprint density at radius 1 is 1.27 bits per heavy atom. The van der Waals surface area contributed by atoms with E-state index in [1.54, 1.807) is 11.8 Å². The highest BCUT2D eigenvalue weighted by Crippen LogP contribution is 2.48. The Bertz CT molecular complexity index is 1120. The Hall–Kier alpha value is -1.29. The lowest BCUT2D eigenvalue weighted by Crippen LogP contribution is -2.39. The minimum Gasteiger partial charge on any atom is -0.278 e. The van der Waals surface area contributed by atoms with Crippen molar-refractivity contribution in [1.82, 2.24) is 25.5 Å². The van der Waals surface area contributed by atoms with E-state index in [2.05, 4.69) is 37.4 Å². The third-order valence-corrected chi connectivity index (χ3v) is 8.97. The molecule has 2 aromatic heterocycles. The molecular weight excluding hydrogens is 459 g/mol. The van der Waals surface area contributed by atoms with Crippen molar-refractivity contribution in [2.24, 2.45) is 5.92 Å². The second kappa shape index (κ2) is 7.39. The summed E-state index contributed by atoms with van der Waals surface area (Å²) in [7, 11) is 0. The lowest BCUT2D eigenvalue weighted by atomic mass is 9.87. The lowest BCUT2D eigenvalue weighted by molar-refractivity contribution is 0.499. The monoisotopic (exact) mass is 478 g/mol. The van der Waals surface area contributed by atoms with Crippen LogP contribution in [0, 0.1) is 5.92 Å². The number of anilines is 1. The zero-order valence-electron chi connectivity index (χ0n) is 16.3. The van der Waals surface area contributed by atoms with Gasteiger partial charge in [-0.1, -0.05) is 48.0 Å². The van der Waals surface area contributed by atoms with Crippen molar-refractivity contribution in [1.29, 1.82) is 0 Å². The van der Waals surface area contributed by atoms with Gasteiger partial charge in [0.2, 0.25) is 5.95 Å². The van der Waals surface area contributed by atoms with Gasteiger partial charge >= 0.3 is 0 Å². The molecule has 1 aliphatic carbocycles. The quantitative estimate of drug-likeness (QED) is 0.520. The summed E-state index contributed by atoms with van der Waals surface area (Å²) in [4.78, 5) is 1.51. The number of hydrazine groups is 1. The van der Waals surface area contributed by atoms with Crippen molar-refractivity contribution in [2.75, 3.05) is 11.7 Å². The molecule has 156 valence electrons. The predicted octanol–water partition coefficient (Wildman–Crippen LogP) is 4.94. The SMILES string of the molecule is C[C@@H]1CCc2c(sc3c2C2NCNN2c2nnc(SCc4c(Cl)cccc4Cl)n2-3)C1. The van der Waals surface area contributed by atoms with Gasteiger partial charge in [0.15, 0.2) is 5.16 Å². The lowest BCUT2D eigenvalue weighted by Gasteiger charge is -2.31. The molecule has 2 N–H and O–H groups in total. The van der Waals surface area contributed by atoms with E-state index in [-0.39, 0.29) is 6.17 Å². The van der Waals surface area contributed by atoms with Crippen LogP contribution in [0.5, 0.6) is 0 Å². The fourth-order valence-electron chi connectivity index (χ4n) is 4.53. The summed E-state index contributed by atoms with van der Waals surface area (Å²) in [6, 6.07) is 5.62. The van der Waals surface area contributed by atoms with Crippen molar-refractivity contribution in [3.8, 4) is 5.00 Å². The molecule has 0 amide bonds. The number of halogens is 2. The molecule has 0 saturated carbocycles. The van der Waals surface area contributed by atoms with E-state index in [4.69, 9.17) is 23.2 Å². The first-order chi connectivity index (χ1) is 14.6. The van der Waals surface area contributed by atoms with Crippen LogP contribution in [-0.4, -0.2) is 21.4 Å². The number of rotatable bonds is 3. The van der Waals surface area contributed by atoms with Crippen LogP contribution in [0.4, 0.5) is 5.95 Å². The fraction of sp³-hybridized carbons (Fsp3) is 0.400. The first kappa shape index (κ1) is 19.4. The van der Waals surface area contributed by atoms with E-state index in [9.17, 15) is 0 Å². The zero-order chi connectivity index (χ0) is 20.4. The van der Waals surface area contributed by atoms with Crippen molar-refractivity contribution in [2.45, 2.75) is 43.3 Å². The van der Waals surface area contributed by atoms with Crippen molar-refractivity contribution < 1.29 is 0 Å². The van der Waals surface area contributed by atoms with Crippen LogP contribution < -0.4 is 15.8 Å². The minimum atomic E-state index is 0.112. The van der Waals surface area contributed by atoms with Gasteiger partial charge in [-0.05, 0) is 48.4 Å². The molecule has 6 nitrogen and oxygen atoms in total. The number of nitrogens with zero attached hydrogens (tertiary/aromatic N) is 4. The molecule has 4 heterocycles. The molecular formula is C20H20Cl2N6S2. The summed E-state index contributed by atoms with van der Waals surface area (Å²) in [6.45, 7) is 3.07. The Labute approximate surface area is 192 Å². The Morgan fingerprint density at radius 2 is 2.10 bits per heavy atom. The molecule has 6 rings (SSSR count). The molecule has 1 fully saturated rings. The van der Waals surface area contributed by atoms with E-state index in [1.165, 1.54) is 27.4 Å². The Balaban J connectivity index is 1.43. The van der Waals surface area contributed by atoms with Crippen LogP contribution in [0.15, 0.2) is 23.4 Å². The van der Waals surface area contributed by atoms with E-state index in [0.29, 0.717) is 15.8 Å².